The van der Waals surface area contributed by atoms with Gasteiger partial charge in [-0.1, -0.05) is 18.5 Å². The molecule has 4 heteroatoms. The predicted octanol–water partition coefficient (Wildman–Crippen LogP) is 4.08. The van der Waals surface area contributed by atoms with E-state index >= 15 is 0 Å². The second-order valence-corrected chi connectivity index (χ2v) is 6.30. The van der Waals surface area contributed by atoms with E-state index in [4.69, 9.17) is 22.3 Å². The molecular weight excluding hydrogens is 270 g/mol. The molecule has 0 saturated heterocycles. The zero-order chi connectivity index (χ0) is 14.1. The number of imidazole rings is 1. The van der Waals surface area contributed by atoms with Crippen molar-refractivity contribution in [3.63, 3.8) is 0 Å². The van der Waals surface area contributed by atoms with E-state index in [-0.39, 0.29) is 0 Å². The summed E-state index contributed by atoms with van der Waals surface area (Å²) in [6.45, 7) is 3.23. The first-order valence-electron chi connectivity index (χ1n) is 7.60. The highest BCUT2D eigenvalue weighted by molar-refractivity contribution is 6.31. The van der Waals surface area contributed by atoms with E-state index in [9.17, 15) is 0 Å². The number of hydrogen-bond donors (Lipinski definition) is 1. The van der Waals surface area contributed by atoms with Gasteiger partial charge in [0.1, 0.15) is 5.82 Å². The van der Waals surface area contributed by atoms with E-state index < -0.39 is 0 Å². The molecular formula is C16H22ClN3. The van der Waals surface area contributed by atoms with Crippen molar-refractivity contribution in [2.75, 3.05) is 0 Å². The second-order valence-electron chi connectivity index (χ2n) is 5.87. The summed E-state index contributed by atoms with van der Waals surface area (Å²) in [5, 5.41) is 0.760. The average molecular weight is 292 g/mol. The molecule has 20 heavy (non-hydrogen) atoms. The molecule has 3 rings (SSSR count). The van der Waals surface area contributed by atoms with Crippen LogP contribution in [0.4, 0.5) is 0 Å². The highest BCUT2D eigenvalue weighted by Gasteiger charge is 2.25. The van der Waals surface area contributed by atoms with Gasteiger partial charge in [-0.3, -0.25) is 0 Å². The topological polar surface area (TPSA) is 43.8 Å². The molecule has 0 unspecified atom stereocenters. The minimum atomic E-state index is 0.379. The van der Waals surface area contributed by atoms with Crippen molar-refractivity contribution in [3.8, 4) is 0 Å². The molecule has 3 nitrogen and oxygen atoms in total. The molecule has 1 saturated carbocycles. The van der Waals surface area contributed by atoms with Crippen LogP contribution in [0.5, 0.6) is 0 Å². The second kappa shape index (κ2) is 5.74. The number of aryl methyl sites for hydroxylation is 1. The largest absolute Gasteiger partial charge is 0.328 e. The molecule has 0 spiro atoms. The maximum absolute atomic E-state index is 6.10. The van der Waals surface area contributed by atoms with Crippen molar-refractivity contribution in [2.24, 2.45) is 5.73 Å². The standard InChI is InChI=1S/C16H22ClN3/c1-2-9-20-15-8-5-12(17)10-14(15)19-16(20)11-3-6-13(18)7-4-11/h5,8,10-11,13H,2-4,6-7,9,18H2,1H3. The van der Waals surface area contributed by atoms with E-state index in [1.165, 1.54) is 11.3 Å². The van der Waals surface area contributed by atoms with Gasteiger partial charge < -0.3 is 10.3 Å². The molecule has 0 atom stereocenters. The first-order chi connectivity index (χ1) is 9.69. The Morgan fingerprint density at radius 3 is 2.75 bits per heavy atom. The maximum atomic E-state index is 6.10. The number of nitrogens with two attached hydrogens (primary N) is 1. The summed E-state index contributed by atoms with van der Waals surface area (Å²) in [6, 6.07) is 6.40. The van der Waals surface area contributed by atoms with Gasteiger partial charge in [0.15, 0.2) is 0 Å². The Labute approximate surface area is 125 Å². The highest BCUT2D eigenvalue weighted by atomic mass is 35.5. The molecule has 108 valence electrons. The van der Waals surface area contributed by atoms with E-state index in [0.29, 0.717) is 12.0 Å². The van der Waals surface area contributed by atoms with Gasteiger partial charge in [0, 0.05) is 23.5 Å². The van der Waals surface area contributed by atoms with Gasteiger partial charge >= 0.3 is 0 Å². The summed E-state index contributed by atoms with van der Waals surface area (Å²) in [5.74, 6) is 1.78. The third-order valence-corrected chi connectivity index (χ3v) is 4.56. The number of rotatable bonds is 3. The zero-order valence-corrected chi connectivity index (χ0v) is 12.7. The third-order valence-electron chi connectivity index (χ3n) is 4.32. The lowest BCUT2D eigenvalue weighted by Crippen LogP contribution is -2.26. The monoisotopic (exact) mass is 291 g/mol. The summed E-state index contributed by atoms with van der Waals surface area (Å²) < 4.78 is 2.38. The van der Waals surface area contributed by atoms with Crippen LogP contribution in [0.2, 0.25) is 5.02 Å². The van der Waals surface area contributed by atoms with Gasteiger partial charge in [-0.2, -0.15) is 0 Å². The van der Waals surface area contributed by atoms with Gasteiger partial charge in [0.2, 0.25) is 0 Å². The van der Waals surface area contributed by atoms with E-state index in [1.54, 1.807) is 0 Å². The number of aromatic nitrogens is 2. The molecule has 0 amide bonds. The molecule has 1 aliphatic carbocycles. The minimum Gasteiger partial charge on any atom is -0.328 e. The first-order valence-corrected chi connectivity index (χ1v) is 7.98. The molecule has 0 bridgehead atoms. The Balaban J connectivity index is 2.02. The van der Waals surface area contributed by atoms with E-state index in [2.05, 4.69) is 17.6 Å². The predicted molar refractivity (Wildman–Crippen MR) is 84.2 cm³/mol. The molecule has 0 radical (unpaired) electrons. The number of benzene rings is 1. The fraction of sp³-hybridized carbons (Fsp3) is 0.562. The summed E-state index contributed by atoms with van der Waals surface area (Å²) in [5.41, 5.74) is 8.26. The lowest BCUT2D eigenvalue weighted by atomic mass is 9.86. The number of fused-ring (bicyclic) bond motifs is 1. The Hall–Kier alpha value is -1.06. The summed E-state index contributed by atoms with van der Waals surface area (Å²) in [6.07, 6.45) is 5.65. The van der Waals surface area contributed by atoms with Gasteiger partial charge in [-0.05, 0) is 50.3 Å². The molecule has 0 aliphatic heterocycles. The van der Waals surface area contributed by atoms with E-state index in [1.807, 2.05) is 12.1 Å². The molecule has 2 N–H and O–H groups in total. The zero-order valence-electron chi connectivity index (χ0n) is 12.0. The molecule has 1 aliphatic rings. The number of nitrogens with zero attached hydrogens (tertiary/aromatic N) is 2. The van der Waals surface area contributed by atoms with Gasteiger partial charge in [-0.25, -0.2) is 4.98 Å². The van der Waals surface area contributed by atoms with Crippen molar-refractivity contribution in [1.29, 1.82) is 0 Å². The SMILES string of the molecule is CCCn1c(C2CCC(N)CC2)nc2cc(Cl)ccc21. The van der Waals surface area contributed by atoms with E-state index in [0.717, 1.165) is 49.2 Å². The van der Waals surface area contributed by atoms with Gasteiger partial charge in [-0.15, -0.1) is 0 Å². The number of hydrogen-bond acceptors (Lipinski definition) is 2. The normalized spacial score (nSPS) is 23.4. The van der Waals surface area contributed by atoms with Gasteiger partial charge in [0.25, 0.3) is 0 Å². The lowest BCUT2D eigenvalue weighted by Gasteiger charge is -2.26. The summed E-state index contributed by atoms with van der Waals surface area (Å²) in [4.78, 5) is 4.88. The number of halogens is 1. The summed E-state index contributed by atoms with van der Waals surface area (Å²) >= 11 is 6.10. The fourth-order valence-electron chi connectivity index (χ4n) is 3.27. The van der Waals surface area contributed by atoms with Crippen LogP contribution in [-0.4, -0.2) is 15.6 Å². The Bertz CT molecular complexity index is 597. The Morgan fingerprint density at radius 1 is 1.30 bits per heavy atom. The van der Waals surface area contributed by atoms with Crippen molar-refractivity contribution in [1.82, 2.24) is 9.55 Å². The third kappa shape index (κ3) is 2.57. The Morgan fingerprint density at radius 2 is 2.05 bits per heavy atom. The highest BCUT2D eigenvalue weighted by Crippen LogP contribution is 2.34. The lowest BCUT2D eigenvalue weighted by molar-refractivity contribution is 0.376. The van der Waals surface area contributed by atoms with Crippen molar-refractivity contribution in [3.05, 3.63) is 29.0 Å². The fourth-order valence-corrected chi connectivity index (χ4v) is 3.44. The smallest absolute Gasteiger partial charge is 0.112 e. The quantitative estimate of drug-likeness (QED) is 0.926. The van der Waals surface area contributed by atoms with Crippen LogP contribution in [0.25, 0.3) is 11.0 Å². The summed E-state index contributed by atoms with van der Waals surface area (Å²) in [7, 11) is 0. The van der Waals surface area contributed by atoms with Crippen LogP contribution in [0.15, 0.2) is 18.2 Å². The van der Waals surface area contributed by atoms with Crippen LogP contribution < -0.4 is 5.73 Å². The van der Waals surface area contributed by atoms with Crippen molar-refractivity contribution in [2.45, 2.75) is 57.5 Å². The van der Waals surface area contributed by atoms with Crippen LogP contribution in [0, 0.1) is 0 Å². The maximum Gasteiger partial charge on any atom is 0.112 e. The first kappa shape index (κ1) is 13.9. The van der Waals surface area contributed by atoms with Crippen LogP contribution in [-0.2, 0) is 6.54 Å². The molecule has 1 heterocycles. The van der Waals surface area contributed by atoms with Crippen molar-refractivity contribution >= 4 is 22.6 Å². The molecule has 2 aromatic rings. The van der Waals surface area contributed by atoms with Gasteiger partial charge in [0.05, 0.1) is 11.0 Å². The minimum absolute atomic E-state index is 0.379. The molecule has 1 fully saturated rings. The van der Waals surface area contributed by atoms with Crippen LogP contribution in [0.3, 0.4) is 0 Å². The molecule has 1 aromatic carbocycles. The molecule has 1 aromatic heterocycles. The van der Waals surface area contributed by atoms with Crippen molar-refractivity contribution < 1.29 is 0 Å². The van der Waals surface area contributed by atoms with Crippen LogP contribution >= 0.6 is 11.6 Å². The Kier molecular flexibility index (Phi) is 3.99. The van der Waals surface area contributed by atoms with Crippen LogP contribution in [0.1, 0.15) is 50.8 Å². The average Bonchev–Trinajstić information content (AvgIpc) is 2.78.